The number of rotatable bonds is 7. The monoisotopic (exact) mass is 496 g/mol. The maximum atomic E-state index is 15.1. The molecule has 2 fully saturated rings. The zero-order valence-corrected chi connectivity index (χ0v) is 20.1. The first-order chi connectivity index (χ1) is 17.5. The third-order valence-corrected chi connectivity index (χ3v) is 7.11. The van der Waals surface area contributed by atoms with Crippen molar-refractivity contribution >= 4 is 0 Å². The van der Waals surface area contributed by atoms with Gasteiger partial charge >= 0.3 is 0 Å². The van der Waals surface area contributed by atoms with Gasteiger partial charge in [-0.25, -0.2) is 17.6 Å². The molecule has 188 valence electrons. The minimum atomic E-state index is -0.950. The van der Waals surface area contributed by atoms with Crippen LogP contribution >= 0.6 is 0 Å². The predicted octanol–water partition coefficient (Wildman–Crippen LogP) is 8.47. The van der Waals surface area contributed by atoms with Crippen LogP contribution in [0.2, 0.25) is 0 Å². The highest BCUT2D eigenvalue weighted by Crippen LogP contribution is 2.38. The molecule has 0 N–H and O–H groups in total. The molecule has 5 rings (SSSR count). The van der Waals surface area contributed by atoms with Crippen LogP contribution in [0.3, 0.4) is 0 Å². The molecule has 3 unspecified atom stereocenters. The van der Waals surface area contributed by atoms with Crippen LogP contribution in [0.4, 0.5) is 17.6 Å². The van der Waals surface area contributed by atoms with Gasteiger partial charge in [-0.15, -0.1) is 0 Å². The van der Waals surface area contributed by atoms with Gasteiger partial charge < -0.3 is 9.47 Å². The Kier molecular flexibility index (Phi) is 7.26. The fourth-order valence-corrected chi connectivity index (χ4v) is 4.91. The van der Waals surface area contributed by atoms with Crippen molar-refractivity contribution in [2.24, 2.45) is 5.92 Å². The van der Waals surface area contributed by atoms with Gasteiger partial charge in [-0.3, -0.25) is 0 Å². The molecule has 6 heteroatoms. The highest BCUT2D eigenvalue weighted by Gasteiger charge is 2.30. The average molecular weight is 497 g/mol. The van der Waals surface area contributed by atoms with Crippen LogP contribution in [0.25, 0.3) is 22.3 Å². The second-order valence-electron chi connectivity index (χ2n) is 9.47. The molecule has 0 amide bonds. The molecule has 0 aromatic heterocycles. The molecule has 2 aliphatic rings. The normalized spacial score (nSPS) is 21.8. The fourth-order valence-electron chi connectivity index (χ4n) is 4.91. The van der Waals surface area contributed by atoms with Crippen molar-refractivity contribution in [1.29, 1.82) is 0 Å². The molecule has 0 saturated carbocycles. The molecule has 2 heterocycles. The third-order valence-electron chi connectivity index (χ3n) is 7.11. The van der Waals surface area contributed by atoms with Crippen molar-refractivity contribution in [3.05, 3.63) is 95.1 Å². The molecule has 2 nitrogen and oxygen atoms in total. The molecular weight excluding hydrogens is 468 g/mol. The Labute approximate surface area is 208 Å². The first-order valence-electron chi connectivity index (χ1n) is 12.4. The second-order valence-corrected chi connectivity index (χ2v) is 9.47. The highest BCUT2D eigenvalue weighted by atomic mass is 19.2. The first kappa shape index (κ1) is 24.7. The Morgan fingerprint density at radius 3 is 1.69 bits per heavy atom. The molecular formula is C30H28F4O2. The highest BCUT2D eigenvalue weighted by molar-refractivity contribution is 5.71. The Bertz CT molecular complexity index is 1260. The summed E-state index contributed by atoms with van der Waals surface area (Å²) in [5.41, 5.74) is 1.53. The molecule has 2 saturated heterocycles. The van der Waals surface area contributed by atoms with Crippen LogP contribution in [0.15, 0.2) is 60.7 Å². The summed E-state index contributed by atoms with van der Waals surface area (Å²) >= 11 is 0. The van der Waals surface area contributed by atoms with E-state index >= 15 is 8.78 Å². The van der Waals surface area contributed by atoms with Crippen molar-refractivity contribution < 1.29 is 27.0 Å². The lowest BCUT2D eigenvalue weighted by Gasteiger charge is -2.29. The summed E-state index contributed by atoms with van der Waals surface area (Å²) in [6.07, 6.45) is 6.89. The van der Waals surface area contributed by atoms with Crippen molar-refractivity contribution in [1.82, 2.24) is 0 Å². The molecule has 3 aromatic rings. The Balaban J connectivity index is 1.32. The third kappa shape index (κ3) is 4.97. The van der Waals surface area contributed by atoms with Crippen LogP contribution in [-0.4, -0.2) is 13.2 Å². The summed E-state index contributed by atoms with van der Waals surface area (Å²) in [4.78, 5) is 0. The Morgan fingerprint density at radius 2 is 1.22 bits per heavy atom. The van der Waals surface area contributed by atoms with E-state index in [-0.39, 0.29) is 28.4 Å². The van der Waals surface area contributed by atoms with E-state index in [2.05, 4.69) is 6.08 Å². The van der Waals surface area contributed by atoms with Crippen molar-refractivity contribution in [3.63, 3.8) is 0 Å². The van der Waals surface area contributed by atoms with Crippen LogP contribution in [0.1, 0.15) is 55.9 Å². The summed E-state index contributed by atoms with van der Waals surface area (Å²) in [6.45, 7) is 2.92. The van der Waals surface area contributed by atoms with Crippen molar-refractivity contribution in [3.8, 4) is 22.3 Å². The molecule has 36 heavy (non-hydrogen) atoms. The van der Waals surface area contributed by atoms with Gasteiger partial charge in [0.15, 0.2) is 23.3 Å². The summed E-state index contributed by atoms with van der Waals surface area (Å²) in [5, 5.41) is 0. The van der Waals surface area contributed by atoms with Gasteiger partial charge in [0.1, 0.15) is 6.10 Å². The Morgan fingerprint density at radius 1 is 0.694 bits per heavy atom. The maximum absolute atomic E-state index is 15.1. The molecule has 0 spiro atoms. The van der Waals surface area contributed by atoms with Crippen molar-refractivity contribution in [2.75, 3.05) is 13.2 Å². The van der Waals surface area contributed by atoms with Gasteiger partial charge in [-0.2, -0.15) is 0 Å². The number of halogens is 4. The van der Waals surface area contributed by atoms with Gasteiger partial charge in [-0.05, 0) is 49.7 Å². The lowest BCUT2D eigenvalue weighted by Crippen LogP contribution is -2.21. The standard InChI is InChI=1S/C30H28F4O2/c1-2-3-4-5-18-6-15-25(35-16-18)23-13-11-21(27(31)29(23)33)19-7-9-20(10-8-19)22-12-14-24(26-17-36-26)30(34)28(22)32/h2-3,7-14,18,25-26H,4-6,15-17H2,1H3/b3-2+. The van der Waals surface area contributed by atoms with E-state index in [9.17, 15) is 8.78 Å². The summed E-state index contributed by atoms with van der Waals surface area (Å²) in [6, 6.07) is 12.5. The number of hydrogen-bond donors (Lipinski definition) is 0. The van der Waals surface area contributed by atoms with Gasteiger partial charge in [0.05, 0.1) is 19.3 Å². The van der Waals surface area contributed by atoms with Crippen molar-refractivity contribution in [2.45, 2.75) is 44.8 Å². The van der Waals surface area contributed by atoms with E-state index in [0.29, 0.717) is 36.7 Å². The molecule has 0 bridgehead atoms. The van der Waals surface area contributed by atoms with Gasteiger partial charge in [0, 0.05) is 22.3 Å². The number of hydrogen-bond acceptors (Lipinski definition) is 2. The van der Waals surface area contributed by atoms with Gasteiger partial charge in [-0.1, -0.05) is 60.7 Å². The largest absolute Gasteiger partial charge is 0.373 e. The summed E-state index contributed by atoms with van der Waals surface area (Å²) in [7, 11) is 0. The number of epoxide rings is 1. The number of benzene rings is 3. The van der Waals surface area contributed by atoms with Crippen LogP contribution in [0.5, 0.6) is 0 Å². The smallest absolute Gasteiger partial charge is 0.167 e. The summed E-state index contributed by atoms with van der Waals surface area (Å²) < 4.78 is 70.1. The molecule has 2 aliphatic heterocycles. The van der Waals surface area contributed by atoms with Gasteiger partial charge in [0.25, 0.3) is 0 Å². The first-order valence-corrected chi connectivity index (χ1v) is 12.4. The lowest BCUT2D eigenvalue weighted by molar-refractivity contribution is -0.0210. The zero-order valence-electron chi connectivity index (χ0n) is 20.1. The van der Waals surface area contributed by atoms with Crippen LogP contribution in [0, 0.1) is 29.2 Å². The fraction of sp³-hybridized carbons (Fsp3) is 0.333. The predicted molar refractivity (Wildman–Crippen MR) is 131 cm³/mol. The van der Waals surface area contributed by atoms with E-state index in [4.69, 9.17) is 9.47 Å². The van der Waals surface area contributed by atoms with E-state index in [1.165, 1.54) is 12.1 Å². The van der Waals surface area contributed by atoms with Crippen LogP contribution in [-0.2, 0) is 9.47 Å². The minimum Gasteiger partial charge on any atom is -0.373 e. The molecule has 3 atom stereocenters. The molecule has 3 aromatic carbocycles. The Hall–Kier alpha value is -2.96. The SMILES string of the molecule is C/C=C/CCC1CCC(c2ccc(-c3ccc(-c4ccc(C5CO5)c(F)c4F)cc3)c(F)c2F)OC1. The lowest BCUT2D eigenvalue weighted by atomic mass is 9.90. The number of ether oxygens (including phenoxy) is 2. The second kappa shape index (κ2) is 10.6. The van der Waals surface area contributed by atoms with Gasteiger partial charge in [0.2, 0.25) is 0 Å². The van der Waals surface area contributed by atoms with E-state index in [0.717, 1.165) is 19.3 Å². The number of allylic oxidation sites excluding steroid dienone is 2. The quantitative estimate of drug-likeness (QED) is 0.186. The van der Waals surface area contributed by atoms with Crippen LogP contribution < -0.4 is 0 Å². The zero-order chi connectivity index (χ0) is 25.2. The maximum Gasteiger partial charge on any atom is 0.167 e. The topological polar surface area (TPSA) is 21.8 Å². The molecule has 0 aliphatic carbocycles. The minimum absolute atomic E-state index is 0.101. The van der Waals surface area contributed by atoms with E-state index < -0.39 is 29.4 Å². The summed E-state index contributed by atoms with van der Waals surface area (Å²) in [5.74, 6) is -3.28. The van der Waals surface area contributed by atoms with E-state index in [1.807, 2.05) is 13.0 Å². The average Bonchev–Trinajstić information content (AvgIpc) is 3.74. The molecule has 0 radical (unpaired) electrons. The van der Waals surface area contributed by atoms with E-state index in [1.54, 1.807) is 36.4 Å².